The highest BCUT2D eigenvalue weighted by Crippen LogP contribution is 2.33. The van der Waals surface area contributed by atoms with Crippen molar-refractivity contribution >= 4 is 11.8 Å². The number of likely N-dealkylation sites (N-methyl/N-ethyl adjacent to an activating group) is 1. The summed E-state index contributed by atoms with van der Waals surface area (Å²) in [4.78, 5) is 31.9. The first kappa shape index (κ1) is 20.1. The van der Waals surface area contributed by atoms with E-state index in [0.717, 1.165) is 45.4 Å². The van der Waals surface area contributed by atoms with Crippen molar-refractivity contribution in [2.24, 2.45) is 5.92 Å². The SMILES string of the molecule is CN(C(=O)CN1CCN(C(=O)C2CC3CCCCC3N2)CC1)C1CCCCC1. The molecule has 3 atom stereocenters. The number of carbonyl (C=O) groups excluding carboxylic acids is 2. The molecule has 2 saturated carbocycles. The van der Waals surface area contributed by atoms with Crippen LogP contribution in [0.1, 0.15) is 64.2 Å². The van der Waals surface area contributed by atoms with E-state index in [9.17, 15) is 9.59 Å². The highest BCUT2D eigenvalue weighted by molar-refractivity contribution is 5.82. The van der Waals surface area contributed by atoms with E-state index < -0.39 is 0 Å². The van der Waals surface area contributed by atoms with Crippen LogP contribution in [0, 0.1) is 5.92 Å². The average molecular weight is 391 g/mol. The normalized spacial score (nSPS) is 32.2. The van der Waals surface area contributed by atoms with Crippen LogP contribution in [0.3, 0.4) is 0 Å². The molecular weight excluding hydrogens is 352 g/mol. The van der Waals surface area contributed by atoms with Crippen LogP contribution < -0.4 is 5.32 Å². The molecule has 0 aromatic carbocycles. The number of rotatable bonds is 4. The van der Waals surface area contributed by atoms with E-state index in [0.29, 0.717) is 30.5 Å². The third-order valence-corrected chi connectivity index (χ3v) is 7.72. The standard InChI is InChI=1S/C22H38N4O2/c1-24(18-8-3-2-4-9-18)21(27)16-25-11-13-26(14-12-25)22(28)20-15-17-7-5-6-10-19(17)23-20/h17-20,23H,2-16H2,1H3. The van der Waals surface area contributed by atoms with Crippen molar-refractivity contribution in [1.29, 1.82) is 0 Å². The van der Waals surface area contributed by atoms with Gasteiger partial charge in [-0.05, 0) is 38.0 Å². The minimum Gasteiger partial charge on any atom is -0.342 e. The highest BCUT2D eigenvalue weighted by atomic mass is 16.2. The molecule has 0 aromatic rings. The maximum Gasteiger partial charge on any atom is 0.239 e. The van der Waals surface area contributed by atoms with E-state index in [2.05, 4.69) is 10.2 Å². The lowest BCUT2D eigenvalue weighted by Crippen LogP contribution is -2.55. The summed E-state index contributed by atoms with van der Waals surface area (Å²) in [6.45, 7) is 3.64. The first-order valence-electron chi connectivity index (χ1n) is 11.6. The van der Waals surface area contributed by atoms with Crippen molar-refractivity contribution in [3.63, 3.8) is 0 Å². The lowest BCUT2D eigenvalue weighted by atomic mass is 9.85. The monoisotopic (exact) mass is 390 g/mol. The van der Waals surface area contributed by atoms with Crippen LogP contribution in [0.5, 0.6) is 0 Å². The molecule has 6 nitrogen and oxygen atoms in total. The van der Waals surface area contributed by atoms with E-state index in [1.807, 2.05) is 16.8 Å². The maximum atomic E-state index is 13.0. The van der Waals surface area contributed by atoms with Gasteiger partial charge < -0.3 is 15.1 Å². The first-order chi connectivity index (χ1) is 13.6. The molecule has 3 unspecified atom stereocenters. The Balaban J connectivity index is 1.21. The Bertz CT molecular complexity index is 541. The van der Waals surface area contributed by atoms with Gasteiger partial charge in [0.2, 0.25) is 11.8 Å². The van der Waals surface area contributed by atoms with Gasteiger partial charge >= 0.3 is 0 Å². The topological polar surface area (TPSA) is 55.9 Å². The summed E-state index contributed by atoms with van der Waals surface area (Å²) in [5, 5.41) is 3.62. The van der Waals surface area contributed by atoms with Gasteiger partial charge in [-0.1, -0.05) is 32.1 Å². The molecule has 2 heterocycles. The zero-order chi connectivity index (χ0) is 19.5. The molecular formula is C22H38N4O2. The summed E-state index contributed by atoms with van der Waals surface area (Å²) in [6, 6.07) is 1.02. The smallest absolute Gasteiger partial charge is 0.239 e. The number of fused-ring (bicyclic) bond motifs is 1. The Hall–Kier alpha value is -1.14. The van der Waals surface area contributed by atoms with Crippen LogP contribution in [0.25, 0.3) is 0 Å². The zero-order valence-electron chi connectivity index (χ0n) is 17.6. The van der Waals surface area contributed by atoms with Crippen molar-refractivity contribution in [1.82, 2.24) is 20.0 Å². The third-order valence-electron chi connectivity index (χ3n) is 7.72. The number of hydrogen-bond donors (Lipinski definition) is 1. The van der Waals surface area contributed by atoms with Crippen LogP contribution in [0.15, 0.2) is 0 Å². The van der Waals surface area contributed by atoms with E-state index in [4.69, 9.17) is 0 Å². The molecule has 28 heavy (non-hydrogen) atoms. The second kappa shape index (κ2) is 9.12. The molecule has 2 aliphatic heterocycles. The largest absolute Gasteiger partial charge is 0.342 e. The predicted octanol–water partition coefficient (Wildman–Crippen LogP) is 1.84. The lowest BCUT2D eigenvalue weighted by molar-refractivity contribution is -0.137. The van der Waals surface area contributed by atoms with Crippen molar-refractivity contribution < 1.29 is 9.59 Å². The molecule has 0 radical (unpaired) electrons. The molecule has 4 aliphatic rings. The fourth-order valence-corrected chi connectivity index (χ4v) is 5.83. The highest BCUT2D eigenvalue weighted by Gasteiger charge is 2.40. The van der Waals surface area contributed by atoms with Crippen LogP contribution in [0.2, 0.25) is 0 Å². The predicted molar refractivity (Wildman–Crippen MR) is 110 cm³/mol. The second-order valence-electron chi connectivity index (χ2n) is 9.50. The van der Waals surface area contributed by atoms with Crippen molar-refractivity contribution in [2.45, 2.75) is 82.3 Å². The van der Waals surface area contributed by atoms with Gasteiger partial charge in [0.25, 0.3) is 0 Å². The molecule has 0 bridgehead atoms. The fourth-order valence-electron chi connectivity index (χ4n) is 5.83. The molecule has 4 rings (SSSR count). The van der Waals surface area contributed by atoms with Gasteiger partial charge in [-0.25, -0.2) is 0 Å². The summed E-state index contributed by atoms with van der Waals surface area (Å²) in [7, 11) is 1.98. The Morgan fingerprint density at radius 2 is 1.61 bits per heavy atom. The number of nitrogens with zero attached hydrogens (tertiary/aromatic N) is 3. The van der Waals surface area contributed by atoms with Crippen LogP contribution in [0.4, 0.5) is 0 Å². The Morgan fingerprint density at radius 1 is 0.929 bits per heavy atom. The quantitative estimate of drug-likeness (QED) is 0.796. The second-order valence-corrected chi connectivity index (χ2v) is 9.50. The summed E-state index contributed by atoms with van der Waals surface area (Å²) in [5.74, 6) is 1.24. The summed E-state index contributed by atoms with van der Waals surface area (Å²) < 4.78 is 0. The fraction of sp³-hybridized carbons (Fsp3) is 0.909. The van der Waals surface area contributed by atoms with Gasteiger partial charge in [-0.2, -0.15) is 0 Å². The van der Waals surface area contributed by atoms with Crippen LogP contribution >= 0.6 is 0 Å². The molecule has 2 aliphatic carbocycles. The zero-order valence-corrected chi connectivity index (χ0v) is 17.6. The van der Waals surface area contributed by atoms with Gasteiger partial charge in [0.05, 0.1) is 12.6 Å². The molecule has 1 N–H and O–H groups in total. The van der Waals surface area contributed by atoms with Crippen molar-refractivity contribution in [3.05, 3.63) is 0 Å². The molecule has 2 saturated heterocycles. The molecule has 0 aromatic heterocycles. The minimum atomic E-state index is 0.0266. The van der Waals surface area contributed by atoms with E-state index in [-0.39, 0.29) is 11.9 Å². The number of amides is 2. The van der Waals surface area contributed by atoms with Gasteiger partial charge in [-0.15, -0.1) is 0 Å². The van der Waals surface area contributed by atoms with E-state index in [1.54, 1.807) is 0 Å². The Morgan fingerprint density at radius 3 is 2.32 bits per heavy atom. The van der Waals surface area contributed by atoms with Crippen LogP contribution in [-0.2, 0) is 9.59 Å². The minimum absolute atomic E-state index is 0.0266. The molecule has 0 spiro atoms. The number of hydrogen-bond acceptors (Lipinski definition) is 4. The number of nitrogens with one attached hydrogen (secondary N) is 1. The van der Waals surface area contributed by atoms with Gasteiger partial charge in [0.1, 0.15) is 0 Å². The molecule has 6 heteroatoms. The average Bonchev–Trinajstić information content (AvgIpc) is 3.18. The van der Waals surface area contributed by atoms with E-state index >= 15 is 0 Å². The summed E-state index contributed by atoms with van der Waals surface area (Å²) >= 11 is 0. The summed E-state index contributed by atoms with van der Waals surface area (Å²) in [6.07, 6.45) is 12.3. The van der Waals surface area contributed by atoms with Gasteiger partial charge in [-0.3, -0.25) is 14.5 Å². The summed E-state index contributed by atoms with van der Waals surface area (Å²) in [5.41, 5.74) is 0. The van der Waals surface area contributed by atoms with Gasteiger partial charge in [0.15, 0.2) is 0 Å². The van der Waals surface area contributed by atoms with Crippen LogP contribution in [-0.4, -0.2) is 84.4 Å². The lowest BCUT2D eigenvalue weighted by Gasteiger charge is -2.37. The molecule has 158 valence electrons. The molecule has 2 amide bonds. The number of carbonyl (C=O) groups is 2. The van der Waals surface area contributed by atoms with E-state index in [1.165, 1.54) is 44.9 Å². The first-order valence-corrected chi connectivity index (χ1v) is 11.6. The Labute approximate surface area is 170 Å². The number of piperazine rings is 1. The third kappa shape index (κ3) is 4.54. The Kier molecular flexibility index (Phi) is 6.56. The molecule has 4 fully saturated rings. The maximum absolute atomic E-state index is 13.0. The van der Waals surface area contributed by atoms with Crippen molar-refractivity contribution in [3.8, 4) is 0 Å². The van der Waals surface area contributed by atoms with Crippen molar-refractivity contribution in [2.75, 3.05) is 39.8 Å². The van der Waals surface area contributed by atoms with Gasteiger partial charge in [0, 0.05) is 45.3 Å².